The normalized spacial score (nSPS) is 13.8. The summed E-state index contributed by atoms with van der Waals surface area (Å²) in [6.45, 7) is 1.17. The molecule has 0 atom stereocenters. The smallest absolute Gasteiger partial charge is 0.276 e. The molecule has 0 bridgehead atoms. The first-order valence-electron chi connectivity index (χ1n) is 5.17. The van der Waals surface area contributed by atoms with Crippen molar-refractivity contribution in [2.45, 2.75) is 13.1 Å². The molecule has 2 aromatic rings. The second-order valence-corrected chi connectivity index (χ2v) is 4.37. The van der Waals surface area contributed by atoms with Gasteiger partial charge >= 0.3 is 0 Å². The molecule has 86 valence electrons. The minimum absolute atomic E-state index is 0.119. The average Bonchev–Trinajstić information content (AvgIpc) is 2.96. The summed E-state index contributed by atoms with van der Waals surface area (Å²) < 4.78 is 0. The summed E-state index contributed by atoms with van der Waals surface area (Å²) in [7, 11) is 0. The minimum Gasteiger partial charge on any atom is -0.329 e. The van der Waals surface area contributed by atoms with Crippen molar-refractivity contribution >= 4 is 17.5 Å². The number of rotatable bonds is 1. The maximum atomic E-state index is 12.0. The van der Waals surface area contributed by atoms with Crippen LogP contribution in [0.25, 0.3) is 0 Å². The summed E-state index contributed by atoms with van der Waals surface area (Å²) in [5.74, 6) is -0.119. The van der Waals surface area contributed by atoms with Crippen molar-refractivity contribution < 1.29 is 4.79 Å². The standard InChI is InChI=1S/C11H9ClN4O/c12-9-2-1-7-5-16(6-8(7)3-9)11(17)10-4-13-15-14-10/h1-4H,5-6H2,(H,13,14,15). The van der Waals surface area contributed by atoms with E-state index < -0.39 is 0 Å². The number of carbonyl (C=O) groups excluding carboxylic acids is 1. The van der Waals surface area contributed by atoms with E-state index in [0.29, 0.717) is 23.8 Å². The van der Waals surface area contributed by atoms with Crippen LogP contribution in [0.2, 0.25) is 5.02 Å². The molecular weight excluding hydrogens is 240 g/mol. The number of aromatic amines is 1. The second-order valence-electron chi connectivity index (χ2n) is 3.93. The quantitative estimate of drug-likeness (QED) is 0.834. The third kappa shape index (κ3) is 1.78. The van der Waals surface area contributed by atoms with Crippen molar-refractivity contribution in [2.24, 2.45) is 0 Å². The van der Waals surface area contributed by atoms with Crippen LogP contribution in [0, 0.1) is 0 Å². The Labute approximate surface area is 102 Å². The van der Waals surface area contributed by atoms with E-state index in [-0.39, 0.29) is 5.91 Å². The van der Waals surface area contributed by atoms with Gasteiger partial charge in [0.2, 0.25) is 0 Å². The predicted molar refractivity (Wildman–Crippen MR) is 61.4 cm³/mol. The highest BCUT2D eigenvalue weighted by Crippen LogP contribution is 2.26. The van der Waals surface area contributed by atoms with Crippen molar-refractivity contribution in [3.8, 4) is 0 Å². The first-order valence-corrected chi connectivity index (χ1v) is 5.55. The first-order chi connectivity index (χ1) is 8.24. The number of amides is 1. The summed E-state index contributed by atoms with van der Waals surface area (Å²) >= 11 is 5.92. The maximum Gasteiger partial charge on any atom is 0.276 e. The van der Waals surface area contributed by atoms with Gasteiger partial charge in [-0.25, -0.2) is 0 Å². The molecule has 0 radical (unpaired) electrons. The van der Waals surface area contributed by atoms with Crippen molar-refractivity contribution in [1.82, 2.24) is 20.3 Å². The lowest BCUT2D eigenvalue weighted by Crippen LogP contribution is -2.25. The molecule has 1 amide bonds. The number of nitrogens with one attached hydrogen (secondary N) is 1. The van der Waals surface area contributed by atoms with Gasteiger partial charge in [0.25, 0.3) is 5.91 Å². The predicted octanol–water partition coefficient (Wildman–Crippen LogP) is 1.61. The fraction of sp³-hybridized carbons (Fsp3) is 0.182. The van der Waals surface area contributed by atoms with E-state index in [9.17, 15) is 4.79 Å². The van der Waals surface area contributed by atoms with E-state index in [2.05, 4.69) is 15.4 Å². The van der Waals surface area contributed by atoms with Gasteiger partial charge in [-0.05, 0) is 23.3 Å². The highest BCUT2D eigenvalue weighted by atomic mass is 35.5. The fourth-order valence-corrected chi connectivity index (χ4v) is 2.17. The van der Waals surface area contributed by atoms with Crippen molar-refractivity contribution in [3.05, 3.63) is 46.2 Å². The fourth-order valence-electron chi connectivity index (χ4n) is 1.97. The number of carbonyl (C=O) groups is 1. The molecule has 0 saturated carbocycles. The SMILES string of the molecule is O=C(c1c[nH]nn1)N1Cc2ccc(Cl)cc2C1. The molecule has 5 nitrogen and oxygen atoms in total. The van der Waals surface area contributed by atoms with Crippen molar-refractivity contribution in [1.29, 1.82) is 0 Å². The van der Waals surface area contributed by atoms with Crippen molar-refractivity contribution in [3.63, 3.8) is 0 Å². The Morgan fingerprint density at radius 3 is 2.94 bits per heavy atom. The van der Waals surface area contributed by atoms with Gasteiger partial charge in [-0.15, -0.1) is 5.10 Å². The van der Waals surface area contributed by atoms with Crippen LogP contribution in [-0.4, -0.2) is 26.2 Å². The van der Waals surface area contributed by atoms with E-state index in [4.69, 9.17) is 11.6 Å². The second kappa shape index (κ2) is 3.85. The highest BCUT2D eigenvalue weighted by Gasteiger charge is 2.25. The number of fused-ring (bicyclic) bond motifs is 1. The summed E-state index contributed by atoms with van der Waals surface area (Å²) in [4.78, 5) is 13.8. The number of hydrogen-bond acceptors (Lipinski definition) is 3. The topological polar surface area (TPSA) is 61.9 Å². The van der Waals surface area contributed by atoms with Crippen LogP contribution in [0.3, 0.4) is 0 Å². The zero-order valence-corrected chi connectivity index (χ0v) is 9.61. The van der Waals surface area contributed by atoms with Gasteiger partial charge in [0.1, 0.15) is 0 Å². The Kier molecular flexibility index (Phi) is 2.33. The molecule has 0 aliphatic carbocycles. The number of halogens is 1. The number of hydrogen-bond donors (Lipinski definition) is 1. The van der Waals surface area contributed by atoms with Crippen LogP contribution in [-0.2, 0) is 13.1 Å². The Morgan fingerprint density at radius 2 is 2.18 bits per heavy atom. The van der Waals surface area contributed by atoms with E-state index >= 15 is 0 Å². The monoisotopic (exact) mass is 248 g/mol. The third-order valence-corrected chi connectivity index (χ3v) is 3.05. The summed E-state index contributed by atoms with van der Waals surface area (Å²) in [5.41, 5.74) is 2.56. The molecule has 1 aromatic carbocycles. The summed E-state index contributed by atoms with van der Waals surface area (Å²) in [6, 6.07) is 5.69. The van der Waals surface area contributed by atoms with E-state index in [1.807, 2.05) is 18.2 Å². The molecule has 1 aromatic heterocycles. The number of nitrogens with zero attached hydrogens (tertiary/aromatic N) is 3. The zero-order chi connectivity index (χ0) is 11.8. The molecule has 0 spiro atoms. The summed E-state index contributed by atoms with van der Waals surface area (Å²) in [5, 5.41) is 10.5. The zero-order valence-electron chi connectivity index (χ0n) is 8.85. The molecule has 1 aliphatic rings. The largest absolute Gasteiger partial charge is 0.329 e. The van der Waals surface area contributed by atoms with Gasteiger partial charge in [-0.1, -0.05) is 22.9 Å². The number of benzene rings is 1. The number of aromatic nitrogens is 3. The lowest BCUT2D eigenvalue weighted by molar-refractivity contribution is 0.0745. The molecule has 0 saturated heterocycles. The molecule has 1 aliphatic heterocycles. The molecule has 1 N–H and O–H groups in total. The molecule has 6 heteroatoms. The lowest BCUT2D eigenvalue weighted by atomic mass is 10.1. The van der Waals surface area contributed by atoms with E-state index in [0.717, 1.165) is 11.1 Å². The minimum atomic E-state index is -0.119. The van der Waals surface area contributed by atoms with Gasteiger partial charge in [-0.2, -0.15) is 0 Å². The first kappa shape index (κ1) is 10.3. The maximum absolute atomic E-state index is 12.0. The lowest BCUT2D eigenvalue weighted by Gasteiger charge is -2.12. The molecule has 2 heterocycles. The van der Waals surface area contributed by atoms with Crippen LogP contribution in [0.5, 0.6) is 0 Å². The van der Waals surface area contributed by atoms with Crippen LogP contribution in [0.4, 0.5) is 0 Å². The van der Waals surface area contributed by atoms with Crippen LogP contribution in [0.1, 0.15) is 21.6 Å². The molecular formula is C11H9ClN4O. The Hall–Kier alpha value is -1.88. The molecule has 0 fully saturated rings. The van der Waals surface area contributed by atoms with Gasteiger partial charge < -0.3 is 4.90 Å². The van der Waals surface area contributed by atoms with E-state index in [1.165, 1.54) is 6.20 Å². The van der Waals surface area contributed by atoms with Crippen LogP contribution < -0.4 is 0 Å². The average molecular weight is 249 g/mol. The van der Waals surface area contributed by atoms with Gasteiger partial charge in [0.15, 0.2) is 5.69 Å². The van der Waals surface area contributed by atoms with Gasteiger partial charge in [-0.3, -0.25) is 9.89 Å². The third-order valence-electron chi connectivity index (χ3n) is 2.81. The molecule has 17 heavy (non-hydrogen) atoms. The summed E-state index contributed by atoms with van der Waals surface area (Å²) in [6.07, 6.45) is 1.50. The Bertz CT molecular complexity index is 567. The molecule has 3 rings (SSSR count). The number of H-pyrrole nitrogens is 1. The van der Waals surface area contributed by atoms with Crippen molar-refractivity contribution in [2.75, 3.05) is 0 Å². The van der Waals surface area contributed by atoms with Gasteiger partial charge in [0, 0.05) is 18.1 Å². The molecule has 0 unspecified atom stereocenters. The Morgan fingerprint density at radius 1 is 1.35 bits per heavy atom. The Balaban J connectivity index is 1.85. The van der Waals surface area contributed by atoms with Crippen LogP contribution >= 0.6 is 11.6 Å². The highest BCUT2D eigenvalue weighted by molar-refractivity contribution is 6.30. The van der Waals surface area contributed by atoms with E-state index in [1.54, 1.807) is 4.90 Å². The van der Waals surface area contributed by atoms with Gasteiger partial charge in [0.05, 0.1) is 6.20 Å². The van der Waals surface area contributed by atoms with Crippen LogP contribution in [0.15, 0.2) is 24.4 Å².